The minimum Gasteiger partial charge on any atom is -0.368 e. The van der Waals surface area contributed by atoms with Crippen molar-refractivity contribution in [2.75, 3.05) is 11.9 Å². The van der Waals surface area contributed by atoms with Gasteiger partial charge in [0, 0.05) is 35.0 Å². The number of carbonyl (C=O) groups excluding carboxylic acids is 2. The second-order valence-corrected chi connectivity index (χ2v) is 10.2. The number of aryl methyl sites for hydroxylation is 1. The summed E-state index contributed by atoms with van der Waals surface area (Å²) in [5.74, 6) is 0.124. The lowest BCUT2D eigenvalue weighted by Crippen LogP contribution is -2.33. The number of para-hydroxylation sites is 1. The predicted octanol–water partition coefficient (Wildman–Crippen LogP) is 5.23. The number of aromatic amines is 1. The summed E-state index contributed by atoms with van der Waals surface area (Å²) < 4.78 is 13.5. The monoisotopic (exact) mass is 482 g/mol. The van der Waals surface area contributed by atoms with Crippen LogP contribution >= 0.6 is 0 Å². The van der Waals surface area contributed by atoms with Gasteiger partial charge in [-0.15, -0.1) is 0 Å². The van der Waals surface area contributed by atoms with E-state index in [1.807, 2.05) is 42.5 Å². The molecule has 0 bridgehead atoms. The van der Waals surface area contributed by atoms with E-state index in [1.54, 1.807) is 6.92 Å². The van der Waals surface area contributed by atoms with E-state index in [4.69, 9.17) is 0 Å². The highest BCUT2D eigenvalue weighted by Crippen LogP contribution is 2.60. The summed E-state index contributed by atoms with van der Waals surface area (Å²) in [4.78, 5) is 29.8. The van der Waals surface area contributed by atoms with E-state index in [2.05, 4.69) is 27.9 Å². The first-order chi connectivity index (χ1) is 17.3. The van der Waals surface area contributed by atoms with E-state index < -0.39 is 0 Å². The number of dihydropyridines is 1. The van der Waals surface area contributed by atoms with Crippen LogP contribution in [0, 0.1) is 24.1 Å². The Hall–Kier alpha value is -4.13. The lowest BCUT2D eigenvalue weighted by molar-refractivity contribution is 0.0938. The van der Waals surface area contributed by atoms with E-state index in [1.165, 1.54) is 18.2 Å². The van der Waals surface area contributed by atoms with Gasteiger partial charge in [0.05, 0.1) is 16.9 Å². The smallest absolute Gasteiger partial charge is 0.257 e. The second kappa shape index (κ2) is 8.22. The van der Waals surface area contributed by atoms with Crippen molar-refractivity contribution in [2.24, 2.45) is 11.3 Å². The highest BCUT2D eigenvalue weighted by molar-refractivity contribution is 6.10. The number of aromatic nitrogens is 1. The second-order valence-electron chi connectivity index (χ2n) is 10.2. The molecule has 7 heteroatoms. The normalized spacial score (nSPS) is 22.0. The van der Waals surface area contributed by atoms with Gasteiger partial charge in [-0.2, -0.15) is 0 Å². The van der Waals surface area contributed by atoms with Gasteiger partial charge in [-0.25, -0.2) is 4.39 Å². The average molecular weight is 483 g/mol. The molecule has 0 radical (unpaired) electrons. The van der Waals surface area contributed by atoms with Crippen LogP contribution in [-0.2, 0) is 6.42 Å². The molecule has 1 fully saturated rings. The van der Waals surface area contributed by atoms with Gasteiger partial charge in [-0.05, 0) is 67.2 Å². The van der Waals surface area contributed by atoms with Crippen LogP contribution in [0.4, 0.5) is 15.8 Å². The van der Waals surface area contributed by atoms with E-state index in [0.29, 0.717) is 23.5 Å². The van der Waals surface area contributed by atoms with Gasteiger partial charge < -0.3 is 20.9 Å². The predicted molar refractivity (Wildman–Crippen MR) is 137 cm³/mol. The van der Waals surface area contributed by atoms with E-state index in [0.717, 1.165) is 46.7 Å². The molecule has 6 nitrogen and oxygen atoms in total. The fourth-order valence-corrected chi connectivity index (χ4v) is 5.42. The third-order valence-electron chi connectivity index (χ3n) is 7.50. The van der Waals surface area contributed by atoms with Crippen LogP contribution in [0.25, 0.3) is 5.57 Å². The lowest BCUT2D eigenvalue weighted by Gasteiger charge is -2.19. The third kappa shape index (κ3) is 3.81. The number of anilines is 2. The summed E-state index contributed by atoms with van der Waals surface area (Å²) in [5.41, 5.74) is 6.11. The Morgan fingerprint density at radius 1 is 1.17 bits per heavy atom. The molecule has 2 heterocycles. The first-order valence-electron chi connectivity index (χ1n) is 12.2. The Bertz CT molecular complexity index is 1470. The number of halogens is 1. The Kier molecular flexibility index (Phi) is 5.10. The van der Waals surface area contributed by atoms with Gasteiger partial charge in [-0.3, -0.25) is 9.59 Å². The maximum atomic E-state index is 13.5. The topological polar surface area (TPSA) is 86.0 Å². The molecule has 36 heavy (non-hydrogen) atoms. The number of allylic oxidation sites excluding steroid dienone is 2. The molecule has 0 unspecified atom stereocenters. The summed E-state index contributed by atoms with van der Waals surface area (Å²) in [6.45, 7) is 4.39. The number of Topliss-reactive ketones (excluding diaryl/α,β-unsaturated/α-hetero) is 1. The van der Waals surface area contributed by atoms with Crippen molar-refractivity contribution in [3.05, 3.63) is 100 Å². The van der Waals surface area contributed by atoms with Gasteiger partial charge in [0.25, 0.3) is 5.91 Å². The van der Waals surface area contributed by atoms with Crippen molar-refractivity contribution < 1.29 is 14.0 Å². The summed E-state index contributed by atoms with van der Waals surface area (Å²) in [7, 11) is 0. The molecule has 0 spiro atoms. The minimum atomic E-state index is -0.375. The average Bonchev–Trinajstić information content (AvgIpc) is 3.42. The van der Waals surface area contributed by atoms with Crippen molar-refractivity contribution in [2.45, 2.75) is 26.7 Å². The van der Waals surface area contributed by atoms with E-state index >= 15 is 0 Å². The van der Waals surface area contributed by atoms with Crippen LogP contribution in [0.1, 0.15) is 51.0 Å². The number of benzene rings is 2. The summed E-state index contributed by atoms with van der Waals surface area (Å²) in [5, 5.41) is 9.58. The van der Waals surface area contributed by atoms with Gasteiger partial charge in [0.15, 0.2) is 5.78 Å². The molecule has 1 amide bonds. The maximum absolute atomic E-state index is 13.5. The van der Waals surface area contributed by atoms with Crippen LogP contribution in [-0.4, -0.2) is 23.2 Å². The maximum Gasteiger partial charge on any atom is 0.257 e. The number of fused-ring (bicyclic) bond motifs is 2. The molecule has 3 aromatic rings. The number of H-pyrrole nitrogens is 1. The highest BCUT2D eigenvalue weighted by atomic mass is 19.1. The number of hydrogen-bond donors (Lipinski definition) is 4. The Balaban J connectivity index is 1.35. The van der Waals surface area contributed by atoms with Crippen LogP contribution in [0.5, 0.6) is 0 Å². The largest absolute Gasteiger partial charge is 0.368 e. The fourth-order valence-electron chi connectivity index (χ4n) is 5.42. The van der Waals surface area contributed by atoms with Crippen LogP contribution in [0.2, 0.25) is 0 Å². The molecule has 2 aliphatic carbocycles. The SMILES string of the molecule is Cc1cc(F)ccc1C(=O)NC1=CC(c2[nH]c3c(c2Nc2ccccc2)C(=O)[C@H]2C[C@@]2(C)C3)=CCN1. The summed E-state index contributed by atoms with van der Waals surface area (Å²) in [6, 6.07) is 13.9. The number of rotatable bonds is 5. The minimum absolute atomic E-state index is 0.0424. The molecule has 1 saturated carbocycles. The number of nitrogens with one attached hydrogen (secondary N) is 4. The number of carbonyl (C=O) groups is 2. The van der Waals surface area contributed by atoms with Crippen molar-refractivity contribution >= 4 is 28.6 Å². The molecule has 182 valence electrons. The highest BCUT2D eigenvalue weighted by Gasteiger charge is 2.58. The van der Waals surface area contributed by atoms with Crippen LogP contribution in [0.3, 0.4) is 0 Å². The zero-order chi connectivity index (χ0) is 25.0. The molecule has 2 atom stereocenters. The Labute approximate surface area is 208 Å². The molecule has 6 rings (SSSR count). The van der Waals surface area contributed by atoms with Gasteiger partial charge >= 0.3 is 0 Å². The van der Waals surface area contributed by atoms with Crippen molar-refractivity contribution in [3.8, 4) is 0 Å². The van der Waals surface area contributed by atoms with Crippen LogP contribution in [0.15, 0.2) is 66.5 Å². The zero-order valence-electron chi connectivity index (χ0n) is 20.2. The molecule has 0 saturated heterocycles. The summed E-state index contributed by atoms with van der Waals surface area (Å²) >= 11 is 0. The molecular formula is C29H27FN4O2. The van der Waals surface area contributed by atoms with Gasteiger partial charge in [0.1, 0.15) is 11.6 Å². The molecule has 4 N–H and O–H groups in total. The molecule has 1 aliphatic heterocycles. The number of hydrogen-bond acceptors (Lipinski definition) is 4. The van der Waals surface area contributed by atoms with Crippen LogP contribution < -0.4 is 16.0 Å². The number of amides is 1. The third-order valence-corrected chi connectivity index (χ3v) is 7.50. The molecular weight excluding hydrogens is 455 g/mol. The van der Waals surface area contributed by atoms with E-state index in [-0.39, 0.29) is 28.8 Å². The van der Waals surface area contributed by atoms with Crippen molar-refractivity contribution in [3.63, 3.8) is 0 Å². The Morgan fingerprint density at radius 3 is 2.75 bits per heavy atom. The first kappa shape index (κ1) is 22.3. The van der Waals surface area contributed by atoms with Crippen molar-refractivity contribution in [1.82, 2.24) is 15.6 Å². The fraction of sp³-hybridized carbons (Fsp3) is 0.241. The zero-order valence-corrected chi connectivity index (χ0v) is 20.2. The Morgan fingerprint density at radius 2 is 1.97 bits per heavy atom. The van der Waals surface area contributed by atoms with Gasteiger partial charge in [0.2, 0.25) is 0 Å². The quantitative estimate of drug-likeness (QED) is 0.401. The van der Waals surface area contributed by atoms with Gasteiger partial charge in [-0.1, -0.05) is 31.2 Å². The number of ketones is 1. The van der Waals surface area contributed by atoms with E-state index in [9.17, 15) is 14.0 Å². The lowest BCUT2D eigenvalue weighted by atomic mass is 9.87. The molecule has 2 aromatic carbocycles. The van der Waals surface area contributed by atoms with Crippen molar-refractivity contribution in [1.29, 1.82) is 0 Å². The first-order valence-corrected chi connectivity index (χ1v) is 12.2. The molecule has 1 aromatic heterocycles. The molecule has 3 aliphatic rings. The summed E-state index contributed by atoms with van der Waals surface area (Å²) in [6.07, 6.45) is 5.66. The standard InChI is InChI=1S/C29H27FN4O2/c1-16-12-18(30)8-9-20(16)28(36)34-23-13-17(10-11-31-23)25-26(32-19-6-4-3-5-7-19)24-22(33-25)15-29(2)14-21(29)27(24)35/h3-10,12-13,21,31-33H,11,14-15H2,1-2H3,(H,34,36)/t21-,29+/m1/s1.